The lowest BCUT2D eigenvalue weighted by Crippen LogP contribution is -2.12. The van der Waals surface area contributed by atoms with Gasteiger partial charge in [-0.1, -0.05) is 12.1 Å². The summed E-state index contributed by atoms with van der Waals surface area (Å²) in [4.78, 5) is 0. The van der Waals surface area contributed by atoms with Crippen molar-refractivity contribution in [1.29, 1.82) is 0 Å². The largest absolute Gasteiger partial charge is 0.458 e. The number of para-hydroxylation sites is 1. The van der Waals surface area contributed by atoms with Crippen LogP contribution in [0.25, 0.3) is 11.0 Å². The van der Waals surface area contributed by atoms with E-state index in [4.69, 9.17) is 4.42 Å². The van der Waals surface area contributed by atoms with Crippen molar-refractivity contribution in [2.75, 3.05) is 7.05 Å². The summed E-state index contributed by atoms with van der Waals surface area (Å²) in [5, 5.41) is 4.38. The molecule has 80 valence electrons. The van der Waals surface area contributed by atoms with Gasteiger partial charge in [0.25, 0.3) is 0 Å². The standard InChI is InChI=1S/C12H14BrNO/c1-7-9-5-4-6-10(13)12(9)15-11(7)8(2)14-3/h4-6,8,14H,1-3H3. The van der Waals surface area contributed by atoms with Gasteiger partial charge in [-0.15, -0.1) is 0 Å². The highest BCUT2D eigenvalue weighted by Gasteiger charge is 2.16. The number of aryl methyl sites for hydroxylation is 1. The Morgan fingerprint density at radius 3 is 2.73 bits per heavy atom. The van der Waals surface area contributed by atoms with Crippen molar-refractivity contribution < 1.29 is 4.42 Å². The van der Waals surface area contributed by atoms with E-state index in [1.165, 1.54) is 10.9 Å². The summed E-state index contributed by atoms with van der Waals surface area (Å²) < 4.78 is 6.88. The average molecular weight is 268 g/mol. The fourth-order valence-corrected chi connectivity index (χ4v) is 2.22. The first-order valence-electron chi connectivity index (χ1n) is 5.00. The van der Waals surface area contributed by atoms with Gasteiger partial charge in [0.2, 0.25) is 0 Å². The molecule has 0 fully saturated rings. The van der Waals surface area contributed by atoms with Crippen LogP contribution in [0.15, 0.2) is 27.1 Å². The minimum atomic E-state index is 0.240. The fourth-order valence-electron chi connectivity index (χ4n) is 1.77. The molecule has 15 heavy (non-hydrogen) atoms. The summed E-state index contributed by atoms with van der Waals surface area (Å²) in [6.07, 6.45) is 0. The third kappa shape index (κ3) is 1.70. The van der Waals surface area contributed by atoms with Gasteiger partial charge in [-0.2, -0.15) is 0 Å². The zero-order valence-electron chi connectivity index (χ0n) is 9.10. The van der Waals surface area contributed by atoms with E-state index in [2.05, 4.69) is 41.2 Å². The third-order valence-electron chi connectivity index (χ3n) is 2.78. The molecule has 1 N–H and O–H groups in total. The van der Waals surface area contributed by atoms with Crippen molar-refractivity contribution in [3.05, 3.63) is 34.0 Å². The molecule has 1 aromatic heterocycles. The Kier molecular flexibility index (Phi) is 2.85. The van der Waals surface area contributed by atoms with E-state index in [1.54, 1.807) is 0 Å². The van der Waals surface area contributed by atoms with Crippen LogP contribution in [0.5, 0.6) is 0 Å². The van der Waals surface area contributed by atoms with Crippen LogP contribution < -0.4 is 5.32 Å². The van der Waals surface area contributed by atoms with Crippen molar-refractivity contribution in [2.24, 2.45) is 0 Å². The zero-order valence-corrected chi connectivity index (χ0v) is 10.7. The van der Waals surface area contributed by atoms with Crippen molar-refractivity contribution in [2.45, 2.75) is 19.9 Å². The van der Waals surface area contributed by atoms with Gasteiger partial charge in [-0.25, -0.2) is 0 Å². The Bertz CT molecular complexity index is 490. The molecule has 1 unspecified atom stereocenters. The van der Waals surface area contributed by atoms with Gasteiger partial charge in [0.1, 0.15) is 11.3 Å². The maximum Gasteiger partial charge on any atom is 0.148 e. The fraction of sp³-hybridized carbons (Fsp3) is 0.333. The zero-order chi connectivity index (χ0) is 11.0. The van der Waals surface area contributed by atoms with Crippen LogP contribution in [0, 0.1) is 6.92 Å². The van der Waals surface area contributed by atoms with Gasteiger partial charge in [0.05, 0.1) is 10.5 Å². The summed E-state index contributed by atoms with van der Waals surface area (Å²) in [7, 11) is 1.94. The number of fused-ring (bicyclic) bond motifs is 1. The minimum Gasteiger partial charge on any atom is -0.458 e. The van der Waals surface area contributed by atoms with E-state index in [-0.39, 0.29) is 6.04 Å². The predicted octanol–water partition coefficient (Wildman–Crippen LogP) is 3.78. The van der Waals surface area contributed by atoms with Crippen LogP contribution in [0.4, 0.5) is 0 Å². The second-order valence-electron chi connectivity index (χ2n) is 3.72. The van der Waals surface area contributed by atoms with Crippen molar-refractivity contribution >= 4 is 26.9 Å². The Balaban J connectivity index is 2.69. The molecule has 0 aliphatic carbocycles. The number of furan rings is 1. The Labute approximate surface area is 97.8 Å². The summed E-state index contributed by atoms with van der Waals surface area (Å²) in [5.74, 6) is 1.01. The summed E-state index contributed by atoms with van der Waals surface area (Å²) in [6.45, 7) is 4.19. The van der Waals surface area contributed by atoms with Gasteiger partial charge in [0.15, 0.2) is 0 Å². The smallest absolute Gasteiger partial charge is 0.148 e. The van der Waals surface area contributed by atoms with Crippen LogP contribution in [0.1, 0.15) is 24.3 Å². The number of hydrogen-bond donors (Lipinski definition) is 1. The second-order valence-corrected chi connectivity index (χ2v) is 4.57. The lowest BCUT2D eigenvalue weighted by Gasteiger charge is -2.06. The number of benzene rings is 1. The molecule has 0 aliphatic rings. The van der Waals surface area contributed by atoms with Crippen molar-refractivity contribution in [3.63, 3.8) is 0 Å². The maximum atomic E-state index is 5.87. The van der Waals surface area contributed by atoms with Crippen LogP contribution >= 0.6 is 15.9 Å². The summed E-state index contributed by atoms with van der Waals surface area (Å²) in [5.41, 5.74) is 2.15. The van der Waals surface area contributed by atoms with E-state index in [1.807, 2.05) is 19.2 Å². The number of hydrogen-bond acceptors (Lipinski definition) is 2. The molecule has 1 aromatic carbocycles. The molecule has 0 aliphatic heterocycles. The molecule has 0 bridgehead atoms. The second kappa shape index (κ2) is 3.99. The van der Waals surface area contributed by atoms with Crippen molar-refractivity contribution in [3.8, 4) is 0 Å². The van der Waals surface area contributed by atoms with Crippen LogP contribution in [-0.2, 0) is 0 Å². The van der Waals surface area contributed by atoms with Gasteiger partial charge in [-0.3, -0.25) is 0 Å². The Hall–Kier alpha value is -0.800. The molecule has 1 heterocycles. The molecule has 0 radical (unpaired) electrons. The number of nitrogens with one attached hydrogen (secondary N) is 1. The van der Waals surface area contributed by atoms with Crippen LogP contribution in [0.3, 0.4) is 0 Å². The highest BCUT2D eigenvalue weighted by atomic mass is 79.9. The molecular formula is C12H14BrNO. The van der Waals surface area contributed by atoms with Gasteiger partial charge < -0.3 is 9.73 Å². The molecule has 0 spiro atoms. The summed E-state index contributed by atoms with van der Waals surface area (Å²) in [6, 6.07) is 6.36. The van der Waals surface area contributed by atoms with Gasteiger partial charge in [-0.05, 0) is 42.9 Å². The van der Waals surface area contributed by atoms with E-state index >= 15 is 0 Å². The number of halogens is 1. The predicted molar refractivity (Wildman–Crippen MR) is 66.1 cm³/mol. The van der Waals surface area contributed by atoms with Gasteiger partial charge >= 0.3 is 0 Å². The topological polar surface area (TPSA) is 25.2 Å². The molecule has 2 nitrogen and oxygen atoms in total. The highest BCUT2D eigenvalue weighted by molar-refractivity contribution is 9.10. The average Bonchev–Trinajstić information content (AvgIpc) is 2.57. The lowest BCUT2D eigenvalue weighted by atomic mass is 10.1. The van der Waals surface area contributed by atoms with E-state index in [0.717, 1.165) is 15.8 Å². The molecular weight excluding hydrogens is 254 g/mol. The van der Waals surface area contributed by atoms with Crippen molar-refractivity contribution in [1.82, 2.24) is 5.32 Å². The first-order chi connectivity index (χ1) is 7.15. The maximum absolute atomic E-state index is 5.87. The molecule has 0 saturated heterocycles. The molecule has 0 saturated carbocycles. The first kappa shape index (κ1) is 10.7. The quantitative estimate of drug-likeness (QED) is 0.896. The van der Waals surface area contributed by atoms with Crippen LogP contribution in [0.2, 0.25) is 0 Å². The summed E-state index contributed by atoms with van der Waals surface area (Å²) >= 11 is 3.50. The molecule has 0 amide bonds. The highest BCUT2D eigenvalue weighted by Crippen LogP contribution is 2.33. The third-order valence-corrected chi connectivity index (χ3v) is 3.40. The lowest BCUT2D eigenvalue weighted by molar-refractivity contribution is 0.470. The molecule has 2 rings (SSSR count). The SMILES string of the molecule is CNC(C)c1oc2c(Br)cccc2c1C. The normalized spacial score (nSPS) is 13.3. The first-order valence-corrected chi connectivity index (χ1v) is 5.79. The molecule has 3 heteroatoms. The van der Waals surface area contributed by atoms with E-state index in [0.29, 0.717) is 0 Å². The minimum absolute atomic E-state index is 0.240. The monoisotopic (exact) mass is 267 g/mol. The Morgan fingerprint density at radius 2 is 2.13 bits per heavy atom. The number of rotatable bonds is 2. The molecule has 1 atom stereocenters. The van der Waals surface area contributed by atoms with E-state index in [9.17, 15) is 0 Å². The molecule has 2 aromatic rings. The van der Waals surface area contributed by atoms with E-state index < -0.39 is 0 Å². The Morgan fingerprint density at radius 1 is 1.40 bits per heavy atom. The van der Waals surface area contributed by atoms with Gasteiger partial charge in [0, 0.05) is 10.9 Å². The van der Waals surface area contributed by atoms with Crippen LogP contribution in [-0.4, -0.2) is 7.05 Å².